The molecular weight excluding hydrogens is 529 g/mol. The van der Waals surface area contributed by atoms with Crippen molar-refractivity contribution in [2.24, 2.45) is 7.05 Å². The fraction of sp³-hybridized carbons (Fsp3) is 0.467. The fourth-order valence-electron chi connectivity index (χ4n) is 4.84. The second-order valence-corrected chi connectivity index (χ2v) is 11.2. The highest BCUT2D eigenvalue weighted by Gasteiger charge is 2.29. The summed E-state index contributed by atoms with van der Waals surface area (Å²) >= 11 is 0. The lowest BCUT2D eigenvalue weighted by atomic mass is 10.0. The topological polar surface area (TPSA) is 119 Å². The molecule has 0 unspecified atom stereocenters. The second-order valence-electron chi connectivity index (χ2n) is 11.2. The summed E-state index contributed by atoms with van der Waals surface area (Å²) in [5.74, 6) is -0.811. The molecule has 1 heterocycles. The van der Waals surface area contributed by atoms with Crippen LogP contribution in [0.2, 0.25) is 0 Å². The molecule has 11 heteroatoms. The number of aromatic nitrogens is 3. The Bertz CT molecular complexity index is 1500. The minimum absolute atomic E-state index is 0.0429. The number of benzene rings is 2. The number of carboxylic acid groups (broad SMARTS) is 1. The molecule has 0 radical (unpaired) electrons. The molecule has 10 nitrogen and oxygen atoms in total. The van der Waals surface area contributed by atoms with Crippen LogP contribution in [0.1, 0.15) is 81.7 Å². The highest BCUT2D eigenvalue weighted by atomic mass is 19.1. The molecule has 1 atom stereocenters. The number of amides is 2. The first-order valence-corrected chi connectivity index (χ1v) is 13.7. The number of nitrogens with one attached hydrogen (secondary N) is 1. The van der Waals surface area contributed by atoms with Crippen LogP contribution in [0.15, 0.2) is 29.1 Å². The van der Waals surface area contributed by atoms with Gasteiger partial charge in [-0.15, -0.1) is 5.10 Å². The van der Waals surface area contributed by atoms with Gasteiger partial charge < -0.3 is 15.2 Å². The Balaban J connectivity index is 2.08. The molecule has 0 saturated heterocycles. The van der Waals surface area contributed by atoms with Crippen molar-refractivity contribution in [2.45, 2.75) is 86.3 Å². The van der Waals surface area contributed by atoms with Crippen molar-refractivity contribution in [1.29, 1.82) is 0 Å². The smallest absolute Gasteiger partial charge is 0.412 e. The third-order valence-electron chi connectivity index (χ3n) is 6.81. The van der Waals surface area contributed by atoms with Crippen LogP contribution in [0, 0.1) is 19.7 Å². The second kappa shape index (κ2) is 12.2. The van der Waals surface area contributed by atoms with Crippen LogP contribution >= 0.6 is 0 Å². The largest absolute Gasteiger partial charge is 0.490 e. The van der Waals surface area contributed by atoms with Crippen molar-refractivity contribution in [1.82, 2.24) is 14.3 Å². The first-order chi connectivity index (χ1) is 19.1. The third kappa shape index (κ3) is 6.61. The van der Waals surface area contributed by atoms with Gasteiger partial charge in [0, 0.05) is 36.4 Å². The van der Waals surface area contributed by atoms with Crippen molar-refractivity contribution in [3.05, 3.63) is 63.1 Å². The molecule has 3 aromatic rings. The molecule has 2 N–H and O–H groups in total. The number of rotatable bonds is 9. The lowest BCUT2D eigenvalue weighted by molar-refractivity contribution is 0.101. The normalized spacial score (nSPS) is 12.2. The van der Waals surface area contributed by atoms with E-state index < -0.39 is 29.0 Å². The van der Waals surface area contributed by atoms with E-state index in [1.54, 1.807) is 53.8 Å². The molecular formula is C30H40FN5O5. The van der Waals surface area contributed by atoms with Crippen molar-refractivity contribution in [3.63, 3.8) is 0 Å². The summed E-state index contributed by atoms with van der Waals surface area (Å²) in [5.41, 5.74) is 0.852. The monoisotopic (exact) mass is 569 g/mol. The van der Waals surface area contributed by atoms with Crippen molar-refractivity contribution in [2.75, 3.05) is 10.2 Å². The Labute approximate surface area is 239 Å². The number of ether oxygens (including phenoxy) is 1. The van der Waals surface area contributed by atoms with Crippen LogP contribution in [0.4, 0.5) is 20.6 Å². The maximum atomic E-state index is 15.5. The number of hydrogen-bond donors (Lipinski definition) is 2. The highest BCUT2D eigenvalue weighted by Crippen LogP contribution is 2.33. The van der Waals surface area contributed by atoms with Gasteiger partial charge in [-0.1, -0.05) is 20.3 Å². The summed E-state index contributed by atoms with van der Waals surface area (Å²) in [7, 11) is 1.57. The number of halogens is 1. The van der Waals surface area contributed by atoms with Crippen LogP contribution in [-0.4, -0.2) is 43.1 Å². The first kappa shape index (κ1) is 31.4. The number of carbonyl (C=O) groups is 2. The molecule has 0 aliphatic carbocycles. The van der Waals surface area contributed by atoms with Gasteiger partial charge in [0.05, 0.1) is 11.7 Å². The highest BCUT2D eigenvalue weighted by molar-refractivity contribution is 6.07. The van der Waals surface area contributed by atoms with E-state index in [-0.39, 0.29) is 23.1 Å². The SMILES string of the molecule is CCC[C@H](C)Oc1cc(-n2nc(CC)n(C)c2=O)c(F)cc1C(=O)Nc1c(C)cc(N(C(=O)O)C(C)(C)C)cc1C. The molecule has 222 valence electrons. The van der Waals surface area contributed by atoms with Gasteiger partial charge in [-0.3, -0.25) is 14.3 Å². The van der Waals surface area contributed by atoms with E-state index in [0.29, 0.717) is 41.2 Å². The van der Waals surface area contributed by atoms with Gasteiger partial charge in [0.15, 0.2) is 0 Å². The number of carbonyl (C=O) groups excluding carboxylic acids is 1. The van der Waals surface area contributed by atoms with E-state index in [0.717, 1.165) is 17.2 Å². The lowest BCUT2D eigenvalue weighted by Crippen LogP contribution is -2.45. The lowest BCUT2D eigenvalue weighted by Gasteiger charge is -2.34. The van der Waals surface area contributed by atoms with Gasteiger partial charge in [0.2, 0.25) is 0 Å². The van der Waals surface area contributed by atoms with Gasteiger partial charge in [-0.05, 0) is 77.3 Å². The zero-order valence-electron chi connectivity index (χ0n) is 25.3. The Kier molecular flexibility index (Phi) is 9.30. The van der Waals surface area contributed by atoms with E-state index in [4.69, 9.17) is 4.74 Å². The zero-order chi connectivity index (χ0) is 30.8. The maximum absolute atomic E-state index is 15.5. The summed E-state index contributed by atoms with van der Waals surface area (Å²) in [6, 6.07) is 5.76. The van der Waals surface area contributed by atoms with Crippen molar-refractivity contribution in [3.8, 4) is 11.4 Å². The minimum atomic E-state index is -1.09. The number of hydrogen-bond acceptors (Lipinski definition) is 5. The van der Waals surface area contributed by atoms with E-state index in [1.165, 1.54) is 15.5 Å². The van der Waals surface area contributed by atoms with Crippen LogP contribution in [0.25, 0.3) is 5.69 Å². The van der Waals surface area contributed by atoms with Crippen molar-refractivity contribution < 1.29 is 23.8 Å². The van der Waals surface area contributed by atoms with E-state index >= 15 is 4.39 Å². The first-order valence-electron chi connectivity index (χ1n) is 13.7. The predicted octanol–water partition coefficient (Wildman–Crippen LogP) is 5.99. The van der Waals surface area contributed by atoms with Gasteiger partial charge >= 0.3 is 11.8 Å². The molecule has 1 aromatic heterocycles. The summed E-state index contributed by atoms with van der Waals surface area (Å²) in [6.45, 7) is 14.6. The Morgan fingerprint density at radius 1 is 1.15 bits per heavy atom. The Morgan fingerprint density at radius 3 is 2.24 bits per heavy atom. The molecule has 3 rings (SSSR count). The van der Waals surface area contributed by atoms with Gasteiger partial charge in [-0.25, -0.2) is 14.0 Å². The number of anilines is 2. The number of nitrogens with zero attached hydrogens (tertiary/aromatic N) is 4. The van der Waals surface area contributed by atoms with Crippen LogP contribution in [0.3, 0.4) is 0 Å². The molecule has 0 bridgehead atoms. The maximum Gasteiger partial charge on any atom is 0.412 e. The summed E-state index contributed by atoms with van der Waals surface area (Å²) in [6.07, 6.45) is 0.645. The molecule has 2 amide bonds. The molecule has 0 spiro atoms. The molecule has 0 saturated carbocycles. The van der Waals surface area contributed by atoms with Crippen LogP contribution in [0.5, 0.6) is 5.75 Å². The summed E-state index contributed by atoms with van der Waals surface area (Å²) in [5, 5.41) is 16.9. The molecule has 2 aromatic carbocycles. The van der Waals surface area contributed by atoms with Crippen LogP contribution in [-0.2, 0) is 13.5 Å². The van der Waals surface area contributed by atoms with E-state index in [1.807, 2.05) is 20.8 Å². The van der Waals surface area contributed by atoms with Crippen LogP contribution < -0.4 is 20.6 Å². The zero-order valence-corrected chi connectivity index (χ0v) is 25.3. The van der Waals surface area contributed by atoms with Gasteiger partial charge in [0.25, 0.3) is 5.91 Å². The molecule has 0 aliphatic rings. The summed E-state index contributed by atoms with van der Waals surface area (Å²) < 4.78 is 23.9. The van der Waals surface area contributed by atoms with Gasteiger partial charge in [0.1, 0.15) is 23.1 Å². The third-order valence-corrected chi connectivity index (χ3v) is 6.81. The molecule has 0 aliphatic heterocycles. The molecule has 41 heavy (non-hydrogen) atoms. The average molecular weight is 570 g/mol. The predicted molar refractivity (Wildman–Crippen MR) is 157 cm³/mol. The molecule has 0 fully saturated rings. The Morgan fingerprint density at radius 2 is 1.76 bits per heavy atom. The average Bonchev–Trinajstić information content (AvgIpc) is 3.14. The summed E-state index contributed by atoms with van der Waals surface area (Å²) in [4.78, 5) is 39.6. The Hall–Kier alpha value is -4.15. The fourth-order valence-corrected chi connectivity index (χ4v) is 4.84. The number of aryl methyl sites for hydroxylation is 3. The van der Waals surface area contributed by atoms with Crippen molar-refractivity contribution >= 4 is 23.4 Å². The minimum Gasteiger partial charge on any atom is -0.490 e. The quantitative estimate of drug-likeness (QED) is 0.327. The van der Waals surface area contributed by atoms with E-state index in [9.17, 15) is 19.5 Å². The van der Waals surface area contributed by atoms with Gasteiger partial charge in [-0.2, -0.15) is 4.68 Å². The van der Waals surface area contributed by atoms with E-state index in [2.05, 4.69) is 10.4 Å². The standard InChI is InChI=1S/C30H40FN5O5/c1-10-12-19(5)41-24-16-23(36-28(38)34(9)25(11-2)33-36)22(31)15-21(24)27(37)32-26-17(3)13-20(14-18(26)4)35(29(39)40)30(6,7)8/h13-16,19H,10-12H2,1-9H3,(H,32,37)(H,39,40)/t19-/m0/s1.